The minimum atomic E-state index is -0.530. The summed E-state index contributed by atoms with van der Waals surface area (Å²) >= 11 is 0. The number of alkyl carbamates (subject to hydrolysis) is 1. The summed E-state index contributed by atoms with van der Waals surface area (Å²) in [5.41, 5.74) is -0.972. The quantitative estimate of drug-likeness (QED) is 0.504. The number of ether oxygens (including phenoxy) is 1. The molecule has 0 unspecified atom stereocenters. The van der Waals surface area contributed by atoms with E-state index >= 15 is 0 Å². The number of guanidine groups is 1. The average Bonchev–Trinajstić information content (AvgIpc) is 2.75. The van der Waals surface area contributed by atoms with Crippen LogP contribution in [0.25, 0.3) is 0 Å². The molecule has 9 heteroatoms. The third-order valence-electron chi connectivity index (χ3n) is 5.40. The van der Waals surface area contributed by atoms with Crippen molar-refractivity contribution in [2.75, 3.05) is 44.2 Å². The van der Waals surface area contributed by atoms with E-state index < -0.39 is 17.2 Å². The molecule has 1 aromatic heterocycles. The van der Waals surface area contributed by atoms with Gasteiger partial charge in [-0.3, -0.25) is 4.99 Å². The van der Waals surface area contributed by atoms with Gasteiger partial charge < -0.3 is 25.2 Å². The van der Waals surface area contributed by atoms with E-state index in [0.29, 0.717) is 6.54 Å². The van der Waals surface area contributed by atoms with Gasteiger partial charge in [0.2, 0.25) is 5.95 Å². The maximum Gasteiger partial charge on any atom is 0.408 e. The molecular formula is C22H39N7O2. The summed E-state index contributed by atoms with van der Waals surface area (Å²) < 4.78 is 5.48. The molecule has 0 aromatic carbocycles. The number of anilines is 1. The summed E-state index contributed by atoms with van der Waals surface area (Å²) in [7, 11) is 0. The molecule has 2 N–H and O–H groups in total. The van der Waals surface area contributed by atoms with Gasteiger partial charge in [-0.05, 0) is 46.6 Å². The number of amides is 1. The van der Waals surface area contributed by atoms with Crippen molar-refractivity contribution in [2.24, 2.45) is 4.99 Å². The molecule has 0 radical (unpaired) electrons. The Labute approximate surface area is 186 Å². The van der Waals surface area contributed by atoms with Crippen LogP contribution in [-0.4, -0.2) is 77.3 Å². The van der Waals surface area contributed by atoms with Crippen LogP contribution in [0.15, 0.2) is 23.5 Å². The third kappa shape index (κ3) is 7.56. The SMILES string of the molecule is CCNC(=NCC(CC)(CC)NC(=O)OC(C)(C)C)N1CCN(c2ncccn2)CC1. The Kier molecular flexibility index (Phi) is 8.88. The molecule has 31 heavy (non-hydrogen) atoms. The number of hydrogen-bond acceptors (Lipinski definition) is 6. The van der Waals surface area contributed by atoms with E-state index in [0.717, 1.165) is 57.5 Å². The number of rotatable bonds is 7. The Morgan fingerprint density at radius 1 is 1.10 bits per heavy atom. The fourth-order valence-corrected chi connectivity index (χ4v) is 3.43. The van der Waals surface area contributed by atoms with Crippen molar-refractivity contribution in [1.82, 2.24) is 25.5 Å². The largest absolute Gasteiger partial charge is 0.444 e. The molecule has 0 spiro atoms. The van der Waals surface area contributed by atoms with E-state index in [2.05, 4.69) is 51.2 Å². The molecule has 1 aliphatic heterocycles. The molecule has 1 fully saturated rings. The number of aromatic nitrogens is 2. The molecule has 1 aliphatic rings. The van der Waals surface area contributed by atoms with Crippen LogP contribution >= 0.6 is 0 Å². The fraction of sp³-hybridized carbons (Fsp3) is 0.727. The highest BCUT2D eigenvalue weighted by Gasteiger charge is 2.31. The van der Waals surface area contributed by atoms with E-state index in [1.165, 1.54) is 0 Å². The molecular weight excluding hydrogens is 394 g/mol. The lowest BCUT2D eigenvalue weighted by Gasteiger charge is -2.37. The van der Waals surface area contributed by atoms with E-state index in [4.69, 9.17) is 9.73 Å². The van der Waals surface area contributed by atoms with Crippen LogP contribution in [0, 0.1) is 0 Å². The third-order valence-corrected chi connectivity index (χ3v) is 5.40. The first-order valence-corrected chi connectivity index (χ1v) is 11.3. The Bertz CT molecular complexity index is 706. The summed E-state index contributed by atoms with van der Waals surface area (Å²) in [4.78, 5) is 30.5. The first-order chi connectivity index (χ1) is 14.7. The highest BCUT2D eigenvalue weighted by Crippen LogP contribution is 2.18. The topological polar surface area (TPSA) is 95.0 Å². The molecule has 2 heterocycles. The van der Waals surface area contributed by atoms with Crippen LogP contribution in [0.4, 0.5) is 10.7 Å². The fourth-order valence-electron chi connectivity index (χ4n) is 3.43. The Morgan fingerprint density at radius 2 is 1.71 bits per heavy atom. The second-order valence-electron chi connectivity index (χ2n) is 8.81. The number of nitrogens with one attached hydrogen (secondary N) is 2. The number of carbonyl (C=O) groups excluding carboxylic acids is 1. The van der Waals surface area contributed by atoms with E-state index in [1.807, 2.05) is 26.8 Å². The van der Waals surface area contributed by atoms with Crippen LogP contribution in [0.3, 0.4) is 0 Å². The van der Waals surface area contributed by atoms with Crippen LogP contribution in [0.2, 0.25) is 0 Å². The molecule has 0 bridgehead atoms. The van der Waals surface area contributed by atoms with Crippen LogP contribution < -0.4 is 15.5 Å². The Hall–Kier alpha value is -2.58. The molecule has 1 amide bonds. The van der Waals surface area contributed by atoms with E-state index in [-0.39, 0.29) is 0 Å². The summed E-state index contributed by atoms with van der Waals surface area (Å²) in [6.45, 7) is 16.4. The van der Waals surface area contributed by atoms with E-state index in [9.17, 15) is 4.79 Å². The first kappa shape index (κ1) is 24.7. The van der Waals surface area contributed by atoms with Crippen LogP contribution in [0.1, 0.15) is 54.4 Å². The highest BCUT2D eigenvalue weighted by molar-refractivity contribution is 5.80. The maximum atomic E-state index is 12.4. The van der Waals surface area contributed by atoms with Gasteiger partial charge in [-0.2, -0.15) is 0 Å². The minimum absolute atomic E-state index is 0.395. The van der Waals surface area contributed by atoms with Gasteiger partial charge in [0.25, 0.3) is 0 Å². The predicted octanol–water partition coefficient (Wildman–Crippen LogP) is 2.65. The Balaban J connectivity index is 2.05. The van der Waals surface area contributed by atoms with Gasteiger partial charge in [0, 0.05) is 45.1 Å². The number of piperazine rings is 1. The number of hydrogen-bond donors (Lipinski definition) is 2. The lowest BCUT2D eigenvalue weighted by molar-refractivity contribution is 0.0451. The van der Waals surface area contributed by atoms with E-state index in [1.54, 1.807) is 12.4 Å². The van der Waals surface area contributed by atoms with Crippen molar-refractivity contribution < 1.29 is 9.53 Å². The lowest BCUT2D eigenvalue weighted by Crippen LogP contribution is -2.55. The van der Waals surface area contributed by atoms with Crippen molar-refractivity contribution in [2.45, 2.75) is 65.5 Å². The number of carbonyl (C=O) groups is 1. The zero-order chi connectivity index (χ0) is 22.9. The summed E-state index contributed by atoms with van der Waals surface area (Å²) in [6, 6.07) is 1.83. The van der Waals surface area contributed by atoms with Gasteiger partial charge in [0.15, 0.2) is 5.96 Å². The lowest BCUT2D eigenvalue weighted by atomic mass is 9.93. The molecule has 1 aromatic rings. The van der Waals surface area contributed by atoms with Crippen molar-refractivity contribution in [3.05, 3.63) is 18.5 Å². The van der Waals surface area contributed by atoms with Crippen molar-refractivity contribution >= 4 is 18.0 Å². The van der Waals surface area contributed by atoms with Crippen molar-refractivity contribution in [1.29, 1.82) is 0 Å². The van der Waals surface area contributed by atoms with Gasteiger partial charge in [0.1, 0.15) is 5.60 Å². The molecule has 0 saturated carbocycles. The predicted molar refractivity (Wildman–Crippen MR) is 124 cm³/mol. The van der Waals surface area contributed by atoms with Crippen LogP contribution in [0.5, 0.6) is 0 Å². The molecule has 1 saturated heterocycles. The van der Waals surface area contributed by atoms with Crippen molar-refractivity contribution in [3.63, 3.8) is 0 Å². The standard InChI is InChI=1S/C22H39N7O2/c1-7-22(8-2,27-20(30)31-21(4,5)6)17-26-18(23-9-3)28-13-15-29(16-14-28)19-24-11-10-12-25-19/h10-12H,7-9,13-17H2,1-6H3,(H,23,26)(H,27,30). The van der Waals surface area contributed by atoms with Gasteiger partial charge in [-0.15, -0.1) is 0 Å². The number of nitrogens with zero attached hydrogens (tertiary/aromatic N) is 5. The molecule has 0 atom stereocenters. The van der Waals surface area contributed by atoms with Gasteiger partial charge in [-0.1, -0.05) is 13.8 Å². The molecule has 2 rings (SSSR count). The molecule has 9 nitrogen and oxygen atoms in total. The molecule has 0 aliphatic carbocycles. The van der Waals surface area contributed by atoms with Crippen LogP contribution in [-0.2, 0) is 4.74 Å². The monoisotopic (exact) mass is 433 g/mol. The van der Waals surface area contributed by atoms with Gasteiger partial charge >= 0.3 is 6.09 Å². The smallest absolute Gasteiger partial charge is 0.408 e. The van der Waals surface area contributed by atoms with Crippen molar-refractivity contribution in [3.8, 4) is 0 Å². The zero-order valence-electron chi connectivity index (χ0n) is 19.9. The highest BCUT2D eigenvalue weighted by atomic mass is 16.6. The summed E-state index contributed by atoms with van der Waals surface area (Å²) in [5.74, 6) is 1.63. The normalized spacial score (nSPS) is 15.6. The van der Waals surface area contributed by atoms with Gasteiger partial charge in [-0.25, -0.2) is 14.8 Å². The summed E-state index contributed by atoms with van der Waals surface area (Å²) in [5, 5.41) is 6.48. The number of aliphatic imine (C=N–C) groups is 1. The zero-order valence-corrected chi connectivity index (χ0v) is 19.9. The second kappa shape index (κ2) is 11.2. The molecule has 174 valence electrons. The summed E-state index contributed by atoms with van der Waals surface area (Å²) in [6.07, 6.45) is 4.68. The minimum Gasteiger partial charge on any atom is -0.444 e. The first-order valence-electron chi connectivity index (χ1n) is 11.3. The average molecular weight is 434 g/mol. The van der Waals surface area contributed by atoms with Gasteiger partial charge in [0.05, 0.1) is 12.1 Å². The second-order valence-corrected chi connectivity index (χ2v) is 8.81. The maximum absolute atomic E-state index is 12.4. The Morgan fingerprint density at radius 3 is 2.23 bits per heavy atom.